The Hall–Kier alpha value is -5.74. The molecular formula is C38H49N9O11. The number of carbonyl (C=O) groups is 4. The van der Waals surface area contributed by atoms with Crippen molar-refractivity contribution in [2.75, 3.05) is 73.4 Å². The summed E-state index contributed by atoms with van der Waals surface area (Å²) in [6, 6.07) is 9.39. The van der Waals surface area contributed by atoms with E-state index < -0.39 is 11.5 Å². The van der Waals surface area contributed by atoms with Gasteiger partial charge in [-0.2, -0.15) is 5.12 Å². The number of nitrogens with one attached hydrogen (secondary N) is 4. The number of amides is 3. The average molecular weight is 808 g/mol. The van der Waals surface area contributed by atoms with Crippen molar-refractivity contribution in [1.82, 2.24) is 41.5 Å². The summed E-state index contributed by atoms with van der Waals surface area (Å²) in [5.41, 5.74) is 4.02. The summed E-state index contributed by atoms with van der Waals surface area (Å²) >= 11 is 0. The second-order valence-corrected chi connectivity index (χ2v) is 13.1. The molecule has 0 bridgehead atoms. The average Bonchev–Trinajstić information content (AvgIpc) is 3.67. The van der Waals surface area contributed by atoms with E-state index in [1.807, 2.05) is 0 Å². The summed E-state index contributed by atoms with van der Waals surface area (Å²) in [4.78, 5) is 49.1. The molecule has 2 aromatic carbocycles. The molecule has 5 rings (SSSR count). The third-order valence-electron chi connectivity index (χ3n) is 9.07. The first kappa shape index (κ1) is 43.4. The number of fused-ring (bicyclic) bond motifs is 1. The zero-order valence-electron chi connectivity index (χ0n) is 32.3. The van der Waals surface area contributed by atoms with Crippen LogP contribution in [-0.4, -0.2) is 128 Å². The maximum Gasteiger partial charge on any atom is 0.251 e. The Morgan fingerprint density at radius 1 is 0.948 bits per heavy atom. The maximum atomic E-state index is 13.2. The van der Waals surface area contributed by atoms with Gasteiger partial charge in [-0.05, 0) is 30.7 Å². The van der Waals surface area contributed by atoms with Gasteiger partial charge in [-0.1, -0.05) is 11.3 Å². The number of benzene rings is 2. The van der Waals surface area contributed by atoms with Crippen molar-refractivity contribution in [3.63, 3.8) is 0 Å². The largest absolute Gasteiger partial charge is 0.512 e. The van der Waals surface area contributed by atoms with Crippen molar-refractivity contribution in [1.29, 1.82) is 0 Å². The highest BCUT2D eigenvalue weighted by molar-refractivity contribution is 5.96. The van der Waals surface area contributed by atoms with Crippen LogP contribution in [0.3, 0.4) is 0 Å². The Balaban J connectivity index is 1.00. The van der Waals surface area contributed by atoms with E-state index in [4.69, 9.17) is 29.5 Å². The lowest BCUT2D eigenvalue weighted by atomic mass is 9.73. The van der Waals surface area contributed by atoms with Gasteiger partial charge in [0.05, 0.1) is 77.8 Å². The van der Waals surface area contributed by atoms with Crippen LogP contribution in [0.15, 0.2) is 65.8 Å². The number of hydrazine groups is 2. The lowest BCUT2D eigenvalue weighted by molar-refractivity contribution is -0.126. The number of nitrogens with zero attached hydrogens (tertiary/aromatic N) is 4. The number of allylic oxidation sites excluding steroid dienone is 2. The predicted molar refractivity (Wildman–Crippen MR) is 205 cm³/mol. The first-order valence-electron chi connectivity index (χ1n) is 18.5. The van der Waals surface area contributed by atoms with Crippen LogP contribution in [0.5, 0.6) is 11.5 Å². The highest BCUT2D eigenvalue weighted by Crippen LogP contribution is 2.53. The molecule has 0 radical (unpaired) electrons. The van der Waals surface area contributed by atoms with E-state index in [1.54, 1.807) is 36.1 Å². The second kappa shape index (κ2) is 21.1. The minimum absolute atomic E-state index is 0.0272. The number of ether oxygens (including phenoxy) is 5. The second-order valence-electron chi connectivity index (χ2n) is 13.1. The monoisotopic (exact) mass is 807 g/mol. The van der Waals surface area contributed by atoms with E-state index in [1.165, 1.54) is 31.4 Å². The molecular weight excluding hydrogens is 758 g/mol. The van der Waals surface area contributed by atoms with E-state index in [0.29, 0.717) is 92.6 Å². The predicted octanol–water partition coefficient (Wildman–Crippen LogP) is 0.0907. The normalized spacial score (nSPS) is 15.9. The third kappa shape index (κ3) is 11.4. The quantitative estimate of drug-likeness (QED) is 0.0290. The molecule has 1 aliphatic carbocycles. The molecule has 0 spiro atoms. The molecule has 312 valence electrons. The molecule has 2 heterocycles. The van der Waals surface area contributed by atoms with Crippen LogP contribution in [0.25, 0.3) is 0 Å². The van der Waals surface area contributed by atoms with Crippen LogP contribution in [-0.2, 0) is 47.2 Å². The Kier molecular flexibility index (Phi) is 15.8. The van der Waals surface area contributed by atoms with Crippen LogP contribution in [0, 0.1) is 0 Å². The molecule has 8 N–H and O–H groups in total. The van der Waals surface area contributed by atoms with E-state index in [-0.39, 0.29) is 67.2 Å². The van der Waals surface area contributed by atoms with Crippen molar-refractivity contribution >= 4 is 24.0 Å². The molecule has 1 unspecified atom stereocenters. The van der Waals surface area contributed by atoms with Gasteiger partial charge in [0, 0.05) is 67.1 Å². The zero-order valence-corrected chi connectivity index (χ0v) is 32.3. The smallest absolute Gasteiger partial charge is 0.251 e. The molecule has 1 aromatic heterocycles. The van der Waals surface area contributed by atoms with Gasteiger partial charge in [0.1, 0.15) is 34.8 Å². The van der Waals surface area contributed by atoms with Crippen molar-refractivity contribution < 1.29 is 53.1 Å². The van der Waals surface area contributed by atoms with Gasteiger partial charge in [-0.15, -0.1) is 5.10 Å². The van der Waals surface area contributed by atoms with Crippen molar-refractivity contribution in [2.24, 2.45) is 5.84 Å². The fourth-order valence-electron chi connectivity index (χ4n) is 6.33. The van der Waals surface area contributed by atoms with E-state index in [9.17, 15) is 29.4 Å². The minimum Gasteiger partial charge on any atom is -0.512 e. The van der Waals surface area contributed by atoms with Gasteiger partial charge in [0.15, 0.2) is 0 Å². The van der Waals surface area contributed by atoms with E-state index in [0.717, 1.165) is 5.12 Å². The van der Waals surface area contributed by atoms with Crippen LogP contribution in [0.4, 0.5) is 0 Å². The molecule has 58 heavy (non-hydrogen) atoms. The van der Waals surface area contributed by atoms with E-state index >= 15 is 0 Å². The number of aldehydes is 1. The zero-order chi connectivity index (χ0) is 41.5. The van der Waals surface area contributed by atoms with Gasteiger partial charge in [0.25, 0.3) is 5.91 Å². The number of aromatic nitrogens is 3. The Labute approximate surface area is 334 Å². The summed E-state index contributed by atoms with van der Waals surface area (Å²) in [7, 11) is 3.06. The van der Waals surface area contributed by atoms with Crippen LogP contribution in [0.2, 0.25) is 0 Å². The van der Waals surface area contributed by atoms with Gasteiger partial charge in [0.2, 0.25) is 11.8 Å². The lowest BCUT2D eigenvalue weighted by Gasteiger charge is -2.42. The highest BCUT2D eigenvalue weighted by atomic mass is 16.5. The molecule has 0 saturated carbocycles. The number of carbonyl (C=O) groups excluding carboxylic acids is 4. The summed E-state index contributed by atoms with van der Waals surface area (Å²) in [5, 5.41) is 37.7. The molecule has 3 aromatic rings. The van der Waals surface area contributed by atoms with Crippen molar-refractivity contribution in [3.8, 4) is 11.5 Å². The number of hydrogen-bond donors (Lipinski definition) is 7. The lowest BCUT2D eigenvalue weighted by Crippen LogP contribution is -2.47. The number of phenolic OH excluding ortho intramolecular Hbond substituents is 1. The van der Waals surface area contributed by atoms with Crippen LogP contribution < -0.4 is 32.0 Å². The molecule has 1 aliphatic heterocycles. The van der Waals surface area contributed by atoms with Gasteiger partial charge < -0.3 is 49.8 Å². The van der Waals surface area contributed by atoms with E-state index in [2.05, 4.69) is 31.7 Å². The Bertz CT molecular complexity index is 1980. The fourth-order valence-corrected chi connectivity index (χ4v) is 6.33. The number of hydrogen-bond acceptors (Lipinski definition) is 16. The standard InChI is InChI=1S/C38H49N9O11/c1-46(39)43-22-36(52)41-21-35(51)40-9-11-55-13-15-57-16-14-56-12-10-47-23-27(44-45-47)20-42-37(53)25-3-6-30(26(17-25)24-48)38(54-2)31-7-4-28(49)18-33(31)58-34-19-29(50)5-8-32(34)38/h3-4,6-7,17-19,23-24,43,49-50H,5,8-16,20-22,39H2,1-2H3,(H,40,51)(H,41,52)(H,42,53). The van der Waals surface area contributed by atoms with Gasteiger partial charge in [-0.3, -0.25) is 25.0 Å². The topological polar surface area (TPSA) is 263 Å². The summed E-state index contributed by atoms with van der Waals surface area (Å²) in [6.07, 6.45) is 4.59. The number of aliphatic hydroxyl groups excluding tert-OH is 1. The number of phenols is 1. The number of aromatic hydroxyl groups is 1. The SMILES string of the molecule is COC1(c2ccc(C(=O)NCc3cn(CCOCCOCCOCCNC(=O)CNC(=O)CNN(C)N)nn3)cc2C=O)C2=C(C=C(O)CC2)Oc2cc(O)ccc21. The fraction of sp³-hybridized carbons (Fsp3) is 0.421. The number of methoxy groups -OCH3 is 1. The maximum absolute atomic E-state index is 13.2. The summed E-state index contributed by atoms with van der Waals surface area (Å²) in [5.74, 6) is 4.99. The minimum atomic E-state index is -1.29. The van der Waals surface area contributed by atoms with Crippen LogP contribution in [0.1, 0.15) is 50.4 Å². The summed E-state index contributed by atoms with van der Waals surface area (Å²) in [6.45, 7) is 2.65. The molecule has 0 fully saturated rings. The molecule has 2 aliphatic rings. The number of rotatable bonds is 23. The molecule has 20 nitrogen and oxygen atoms in total. The van der Waals surface area contributed by atoms with Gasteiger partial charge in [-0.25, -0.2) is 10.1 Å². The Morgan fingerprint density at radius 3 is 2.41 bits per heavy atom. The summed E-state index contributed by atoms with van der Waals surface area (Å²) < 4.78 is 30.4. The Morgan fingerprint density at radius 2 is 1.67 bits per heavy atom. The first-order valence-corrected chi connectivity index (χ1v) is 18.5. The molecule has 3 amide bonds. The molecule has 1 atom stereocenters. The van der Waals surface area contributed by atoms with Crippen molar-refractivity contribution in [3.05, 3.63) is 93.7 Å². The molecule has 0 saturated heterocycles. The van der Waals surface area contributed by atoms with Gasteiger partial charge >= 0.3 is 0 Å². The van der Waals surface area contributed by atoms with Crippen LogP contribution >= 0.6 is 0 Å². The molecule has 20 heteroatoms. The highest BCUT2D eigenvalue weighted by Gasteiger charge is 2.47. The first-order chi connectivity index (χ1) is 28.0. The third-order valence-corrected chi connectivity index (χ3v) is 9.07. The number of aliphatic hydroxyl groups is 1. The number of nitrogens with two attached hydrogens (primary N) is 1. The van der Waals surface area contributed by atoms with Crippen molar-refractivity contribution in [2.45, 2.75) is 31.5 Å².